The van der Waals surface area contributed by atoms with Gasteiger partial charge in [0.1, 0.15) is 24.7 Å². The number of carbonyl (C=O) groups is 1. The molecular weight excluding hydrogens is 336 g/mol. The van der Waals surface area contributed by atoms with Crippen molar-refractivity contribution in [3.63, 3.8) is 0 Å². The van der Waals surface area contributed by atoms with E-state index in [9.17, 15) is 9.90 Å². The van der Waals surface area contributed by atoms with Crippen molar-refractivity contribution < 1.29 is 28.8 Å². The molecule has 0 heterocycles. The van der Waals surface area contributed by atoms with Crippen LogP contribution in [-0.4, -0.2) is 43.8 Å². The van der Waals surface area contributed by atoms with E-state index in [-0.39, 0.29) is 6.61 Å². The van der Waals surface area contributed by atoms with E-state index in [1.807, 2.05) is 36.4 Å². The summed E-state index contributed by atoms with van der Waals surface area (Å²) in [7, 11) is 0. The predicted molar refractivity (Wildman–Crippen MR) is 98.3 cm³/mol. The zero-order chi connectivity index (χ0) is 18.9. The van der Waals surface area contributed by atoms with Gasteiger partial charge in [-0.25, -0.2) is 4.79 Å². The maximum atomic E-state index is 11.2. The largest absolute Gasteiger partial charge is 0.491 e. The molecule has 0 spiro atoms. The fraction of sp³-hybridized carbons (Fsp3) is 0.350. The van der Waals surface area contributed by atoms with Gasteiger partial charge in [-0.1, -0.05) is 18.7 Å². The van der Waals surface area contributed by atoms with Crippen molar-refractivity contribution in [2.45, 2.75) is 20.1 Å². The number of fused-ring (bicyclic) bond motifs is 1. The molecule has 0 amide bonds. The summed E-state index contributed by atoms with van der Waals surface area (Å²) in [6, 6.07) is 11.2. The summed E-state index contributed by atoms with van der Waals surface area (Å²) in [5.41, 5.74) is 0.367. The van der Waals surface area contributed by atoms with Gasteiger partial charge in [0.15, 0.2) is 6.29 Å². The maximum absolute atomic E-state index is 11.2. The first kappa shape index (κ1) is 19.8. The molecule has 0 aliphatic heterocycles. The van der Waals surface area contributed by atoms with Crippen LogP contribution in [0.2, 0.25) is 0 Å². The highest BCUT2D eigenvalue weighted by Gasteiger charge is 2.06. The quantitative estimate of drug-likeness (QED) is 0.304. The number of carbonyl (C=O) groups excluding carboxylic acids is 1. The zero-order valence-electron chi connectivity index (χ0n) is 15.1. The number of hydrogen-bond donors (Lipinski definition) is 1. The van der Waals surface area contributed by atoms with Crippen LogP contribution in [0.25, 0.3) is 10.8 Å². The molecular formula is C20H24O6. The highest BCUT2D eigenvalue weighted by atomic mass is 16.6. The van der Waals surface area contributed by atoms with E-state index in [1.165, 1.54) is 0 Å². The highest BCUT2D eigenvalue weighted by molar-refractivity contribution is 5.89. The third-order valence-electron chi connectivity index (χ3n) is 3.42. The molecule has 2 aromatic rings. The van der Waals surface area contributed by atoms with Crippen molar-refractivity contribution in [1.82, 2.24) is 0 Å². The number of ether oxygens (including phenoxy) is 4. The Bertz CT molecular complexity index is 753. The topological polar surface area (TPSA) is 74.2 Å². The van der Waals surface area contributed by atoms with Gasteiger partial charge in [-0.2, -0.15) is 0 Å². The van der Waals surface area contributed by atoms with E-state index >= 15 is 0 Å². The molecule has 1 N–H and O–H groups in total. The number of aliphatic hydroxyl groups excluding tert-OH is 1. The first-order valence-electron chi connectivity index (χ1n) is 8.38. The van der Waals surface area contributed by atoms with E-state index in [1.54, 1.807) is 13.8 Å². The van der Waals surface area contributed by atoms with Crippen LogP contribution in [0, 0.1) is 0 Å². The van der Waals surface area contributed by atoms with Crippen LogP contribution in [0.1, 0.15) is 13.8 Å². The molecule has 0 saturated heterocycles. The van der Waals surface area contributed by atoms with E-state index in [0.29, 0.717) is 36.9 Å². The zero-order valence-corrected chi connectivity index (χ0v) is 15.1. The molecule has 26 heavy (non-hydrogen) atoms. The van der Waals surface area contributed by atoms with E-state index in [0.717, 1.165) is 10.8 Å². The molecule has 0 fully saturated rings. The summed E-state index contributed by atoms with van der Waals surface area (Å²) in [6.45, 7) is 7.92. The van der Waals surface area contributed by atoms with Crippen LogP contribution < -0.4 is 9.47 Å². The minimum absolute atomic E-state index is 0.188. The third-order valence-corrected chi connectivity index (χ3v) is 3.42. The third kappa shape index (κ3) is 6.06. The predicted octanol–water partition coefficient (Wildman–Crippen LogP) is 3.07. The molecule has 1 atom stereocenters. The Balaban J connectivity index is 1.77. The van der Waals surface area contributed by atoms with Crippen molar-refractivity contribution in [3.8, 4) is 11.5 Å². The Morgan fingerprint density at radius 3 is 2.65 bits per heavy atom. The molecule has 2 rings (SSSR count). The van der Waals surface area contributed by atoms with Gasteiger partial charge >= 0.3 is 5.97 Å². The minimum Gasteiger partial charge on any atom is -0.491 e. The second-order valence-corrected chi connectivity index (χ2v) is 5.73. The summed E-state index contributed by atoms with van der Waals surface area (Å²) < 4.78 is 21.3. The molecule has 0 aliphatic rings. The number of hydrogen-bond acceptors (Lipinski definition) is 6. The lowest BCUT2D eigenvalue weighted by molar-refractivity contribution is -0.140. The van der Waals surface area contributed by atoms with Crippen LogP contribution in [0.15, 0.2) is 48.6 Å². The first-order valence-corrected chi connectivity index (χ1v) is 8.38. The molecule has 0 bridgehead atoms. The average molecular weight is 360 g/mol. The number of rotatable bonds is 10. The average Bonchev–Trinajstić information content (AvgIpc) is 2.60. The second-order valence-electron chi connectivity index (χ2n) is 5.73. The van der Waals surface area contributed by atoms with Crippen LogP contribution in [0.4, 0.5) is 0 Å². The Hall–Kier alpha value is -2.57. The fourth-order valence-corrected chi connectivity index (χ4v) is 2.25. The van der Waals surface area contributed by atoms with Crippen molar-refractivity contribution in [2.75, 3.05) is 26.4 Å². The first-order chi connectivity index (χ1) is 12.5. The SMILES string of the molecule is C=C(C)C(=O)OCCOCCOc1ccc2c(OC(C)O)cccc2c1. The van der Waals surface area contributed by atoms with Crippen molar-refractivity contribution in [1.29, 1.82) is 0 Å². The van der Waals surface area contributed by atoms with E-state index < -0.39 is 12.3 Å². The van der Waals surface area contributed by atoms with Gasteiger partial charge in [0, 0.05) is 11.0 Å². The van der Waals surface area contributed by atoms with Crippen molar-refractivity contribution in [2.24, 2.45) is 0 Å². The van der Waals surface area contributed by atoms with E-state index in [4.69, 9.17) is 18.9 Å². The van der Waals surface area contributed by atoms with Crippen molar-refractivity contribution in [3.05, 3.63) is 48.6 Å². The van der Waals surface area contributed by atoms with Gasteiger partial charge in [-0.05, 0) is 43.5 Å². The van der Waals surface area contributed by atoms with Gasteiger partial charge in [0.25, 0.3) is 0 Å². The monoisotopic (exact) mass is 360 g/mol. The minimum atomic E-state index is -0.872. The maximum Gasteiger partial charge on any atom is 0.333 e. The van der Waals surface area contributed by atoms with Crippen LogP contribution in [0.3, 0.4) is 0 Å². The molecule has 6 heteroatoms. The smallest absolute Gasteiger partial charge is 0.333 e. The summed E-state index contributed by atoms with van der Waals surface area (Å²) in [5, 5.41) is 11.2. The lowest BCUT2D eigenvalue weighted by atomic mass is 10.1. The van der Waals surface area contributed by atoms with Gasteiger partial charge in [0.05, 0.1) is 13.2 Å². The standard InChI is InChI=1S/C20H24O6/c1-14(2)20(22)25-12-10-23-9-11-24-17-7-8-18-16(13-17)5-4-6-19(18)26-15(3)21/h4-8,13,15,21H,1,9-12H2,2-3H3. The lowest BCUT2D eigenvalue weighted by Crippen LogP contribution is -2.13. The van der Waals surface area contributed by atoms with Crippen LogP contribution >= 0.6 is 0 Å². The molecule has 1 unspecified atom stereocenters. The second kappa shape index (κ2) is 9.79. The molecule has 0 aliphatic carbocycles. The number of benzene rings is 2. The fourth-order valence-electron chi connectivity index (χ4n) is 2.25. The lowest BCUT2D eigenvalue weighted by Gasteiger charge is -2.12. The van der Waals surface area contributed by atoms with Crippen molar-refractivity contribution >= 4 is 16.7 Å². The van der Waals surface area contributed by atoms with Crippen LogP contribution in [0.5, 0.6) is 11.5 Å². The molecule has 2 aromatic carbocycles. The van der Waals surface area contributed by atoms with Gasteiger partial charge in [-0.3, -0.25) is 0 Å². The summed E-state index contributed by atoms with van der Waals surface area (Å²) in [6.07, 6.45) is -0.872. The van der Waals surface area contributed by atoms with Gasteiger partial charge in [-0.15, -0.1) is 0 Å². The Kier molecular flexibility index (Phi) is 7.44. The summed E-state index contributed by atoms with van der Waals surface area (Å²) >= 11 is 0. The van der Waals surface area contributed by atoms with Gasteiger partial charge < -0.3 is 24.1 Å². The van der Waals surface area contributed by atoms with Crippen LogP contribution in [-0.2, 0) is 14.3 Å². The molecule has 140 valence electrons. The Morgan fingerprint density at radius 1 is 1.15 bits per heavy atom. The van der Waals surface area contributed by atoms with E-state index in [2.05, 4.69) is 6.58 Å². The van der Waals surface area contributed by atoms with Gasteiger partial charge in [0.2, 0.25) is 0 Å². The molecule has 6 nitrogen and oxygen atoms in total. The normalized spacial score (nSPS) is 11.8. The highest BCUT2D eigenvalue weighted by Crippen LogP contribution is 2.29. The Morgan fingerprint density at radius 2 is 1.92 bits per heavy atom. The molecule has 0 radical (unpaired) electrons. The molecule has 0 saturated carbocycles. The summed E-state index contributed by atoms with van der Waals surface area (Å²) in [5.74, 6) is 0.917. The summed E-state index contributed by atoms with van der Waals surface area (Å²) in [4.78, 5) is 11.2. The number of aliphatic hydroxyl groups is 1. The molecule has 0 aromatic heterocycles. The number of esters is 1. The Labute approximate surface area is 152 Å².